The summed E-state index contributed by atoms with van der Waals surface area (Å²) < 4.78 is 5.46. The number of aliphatic hydroxyl groups excluding tert-OH is 1. The molecular formula is C52H78N4O11. The maximum Gasteiger partial charge on any atom is 0.328 e. The standard InChI is InChI=1S/C52H78N4O11/c1-8-9-10-11-12-13-14-15-16-17-18-19-20-21-47(62)55(6)42(32-57)51(65)53-36(5)43(58)26-27-48(63)56(7)49-38-23-25-45(60)40(31-38)39-29-37(22-24-44(39)59)30-41(52(66)67-33-34(2)3)54-50(64)35(4)28-46(49)61/h22-25,29,31,34-36,41-42,49,57,59-60H,8-21,26-28,30,32-33H2,1-7H3,(H,53,65)(H,54,64)/t35-,36-,41+,42-,49+/m1/s1. The summed E-state index contributed by atoms with van der Waals surface area (Å²) in [5.74, 6) is -5.28. The van der Waals surface area contributed by atoms with Gasteiger partial charge in [0.05, 0.1) is 19.3 Å². The average molecular weight is 935 g/mol. The van der Waals surface area contributed by atoms with Gasteiger partial charge in [-0.3, -0.25) is 28.8 Å². The lowest BCUT2D eigenvalue weighted by atomic mass is 9.89. The Morgan fingerprint density at radius 3 is 1.91 bits per heavy atom. The summed E-state index contributed by atoms with van der Waals surface area (Å²) in [6.45, 7) is 8.41. The van der Waals surface area contributed by atoms with Gasteiger partial charge in [-0.05, 0) is 54.7 Å². The molecule has 3 rings (SSSR count). The van der Waals surface area contributed by atoms with Gasteiger partial charge in [0.2, 0.25) is 23.6 Å². The molecule has 0 aliphatic carbocycles. The predicted molar refractivity (Wildman–Crippen MR) is 257 cm³/mol. The molecule has 372 valence electrons. The number of aromatic hydroxyl groups is 2. The molecule has 2 aromatic rings. The number of ether oxygens (including phenoxy) is 1. The van der Waals surface area contributed by atoms with Crippen molar-refractivity contribution in [2.45, 2.75) is 174 Å². The first-order valence-corrected chi connectivity index (χ1v) is 24.5. The maximum atomic E-state index is 14.2. The van der Waals surface area contributed by atoms with Crippen molar-refractivity contribution in [1.29, 1.82) is 0 Å². The highest BCUT2D eigenvalue weighted by Crippen LogP contribution is 2.39. The number of carbonyl (C=O) groups is 7. The summed E-state index contributed by atoms with van der Waals surface area (Å²) in [6, 6.07) is 4.10. The Bertz CT molecular complexity index is 1970. The van der Waals surface area contributed by atoms with Crippen LogP contribution in [0.4, 0.5) is 0 Å². The number of carbonyl (C=O) groups excluding carboxylic acids is 7. The van der Waals surface area contributed by atoms with Crippen LogP contribution in [0.25, 0.3) is 11.1 Å². The van der Waals surface area contributed by atoms with Crippen molar-refractivity contribution in [3.63, 3.8) is 0 Å². The fourth-order valence-electron chi connectivity index (χ4n) is 8.27. The van der Waals surface area contributed by atoms with E-state index in [0.29, 0.717) is 12.0 Å². The minimum Gasteiger partial charge on any atom is -0.507 e. The molecule has 0 saturated heterocycles. The molecular weight excluding hydrogens is 857 g/mol. The highest BCUT2D eigenvalue weighted by atomic mass is 16.5. The zero-order valence-electron chi connectivity index (χ0n) is 41.1. The van der Waals surface area contributed by atoms with Gasteiger partial charge in [0.15, 0.2) is 11.6 Å². The third kappa shape index (κ3) is 18.0. The van der Waals surface area contributed by atoms with Gasteiger partial charge in [-0.1, -0.05) is 117 Å². The van der Waals surface area contributed by atoms with Crippen LogP contribution in [0.1, 0.15) is 161 Å². The van der Waals surface area contributed by atoms with E-state index < -0.39 is 71.9 Å². The quantitative estimate of drug-likeness (QED) is 0.0467. The van der Waals surface area contributed by atoms with Crippen molar-refractivity contribution in [3.05, 3.63) is 47.5 Å². The minimum absolute atomic E-state index is 0.00372. The number of likely N-dealkylation sites (N-methyl/N-ethyl adjacent to an activating group) is 2. The van der Waals surface area contributed by atoms with Gasteiger partial charge in [0.25, 0.3) is 0 Å². The number of fused-ring (bicyclic) bond motifs is 5. The number of phenols is 2. The molecule has 0 aromatic heterocycles. The number of ketones is 2. The van der Waals surface area contributed by atoms with Crippen LogP contribution < -0.4 is 10.6 Å². The number of nitrogens with one attached hydrogen (secondary N) is 2. The lowest BCUT2D eigenvalue weighted by Gasteiger charge is -2.30. The number of phenolic OH excluding ortho intramolecular Hbond substituents is 2. The monoisotopic (exact) mass is 935 g/mol. The second kappa shape index (κ2) is 28.8. The van der Waals surface area contributed by atoms with Crippen LogP contribution in [0.3, 0.4) is 0 Å². The molecule has 0 spiro atoms. The highest BCUT2D eigenvalue weighted by Gasteiger charge is 2.34. The van der Waals surface area contributed by atoms with Crippen LogP contribution in [0.2, 0.25) is 0 Å². The van der Waals surface area contributed by atoms with E-state index in [1.165, 1.54) is 115 Å². The molecule has 5 atom stereocenters. The van der Waals surface area contributed by atoms with E-state index in [1.807, 2.05) is 13.8 Å². The van der Waals surface area contributed by atoms with E-state index in [2.05, 4.69) is 17.6 Å². The van der Waals surface area contributed by atoms with Crippen LogP contribution in [-0.2, 0) is 44.7 Å². The molecule has 5 N–H and O–H groups in total. The summed E-state index contributed by atoms with van der Waals surface area (Å²) in [4.78, 5) is 96.7. The van der Waals surface area contributed by atoms with E-state index in [4.69, 9.17) is 4.74 Å². The lowest BCUT2D eigenvalue weighted by Crippen LogP contribution is -2.53. The Balaban J connectivity index is 1.64. The fraction of sp³-hybridized carbons (Fsp3) is 0.635. The number of Topliss-reactive ketones (excluding diaryl/α,β-unsaturated/α-hetero) is 2. The number of unbranched alkanes of at least 4 members (excludes halogenated alkanes) is 12. The minimum atomic E-state index is -1.30. The molecule has 0 saturated carbocycles. The molecule has 15 nitrogen and oxygen atoms in total. The number of nitrogens with zero attached hydrogens (tertiary/aromatic N) is 2. The second-order valence-corrected chi connectivity index (χ2v) is 18.8. The predicted octanol–water partition coefficient (Wildman–Crippen LogP) is 7.25. The van der Waals surface area contributed by atoms with Crippen molar-refractivity contribution >= 4 is 41.2 Å². The summed E-state index contributed by atoms with van der Waals surface area (Å²) in [6.07, 6.45) is 14.4. The third-order valence-corrected chi connectivity index (χ3v) is 12.6. The third-order valence-electron chi connectivity index (χ3n) is 12.6. The number of aliphatic hydroxyl groups is 1. The zero-order valence-corrected chi connectivity index (χ0v) is 41.1. The summed E-state index contributed by atoms with van der Waals surface area (Å²) >= 11 is 0. The van der Waals surface area contributed by atoms with E-state index in [9.17, 15) is 48.9 Å². The largest absolute Gasteiger partial charge is 0.507 e. The topological polar surface area (TPSA) is 220 Å². The Labute approximate surface area is 397 Å². The van der Waals surface area contributed by atoms with Crippen molar-refractivity contribution in [2.75, 3.05) is 27.3 Å². The number of rotatable bonds is 26. The Morgan fingerprint density at radius 1 is 0.761 bits per heavy atom. The van der Waals surface area contributed by atoms with E-state index in [0.717, 1.165) is 24.2 Å². The van der Waals surface area contributed by atoms with Crippen molar-refractivity contribution < 1.29 is 53.6 Å². The number of amides is 4. The van der Waals surface area contributed by atoms with Crippen molar-refractivity contribution in [3.8, 4) is 22.6 Å². The fourth-order valence-corrected chi connectivity index (χ4v) is 8.27. The van der Waals surface area contributed by atoms with E-state index in [1.54, 1.807) is 12.1 Å². The Morgan fingerprint density at radius 2 is 1.33 bits per heavy atom. The van der Waals surface area contributed by atoms with Gasteiger partial charge in [0.1, 0.15) is 29.6 Å². The number of benzene rings is 2. The number of hydrogen-bond acceptors (Lipinski definition) is 11. The number of hydrogen-bond donors (Lipinski definition) is 5. The normalized spacial score (nSPS) is 17.2. The Kier molecular flexibility index (Phi) is 24.1. The molecule has 0 unspecified atom stereocenters. The SMILES string of the molecule is CCCCCCCCCCCCCCCC(=O)N(C)[C@H](CO)C(=O)N[C@H](C)C(=O)CCC(=O)N(C)[C@@H]1C(=O)C[C@@H](C)C(=O)N[C@H](C(=O)OCC(C)C)Cc2ccc(O)c(c2)-c2cc1ccc2O. The zero-order chi connectivity index (χ0) is 49.6. The molecule has 2 aromatic carbocycles. The first-order valence-electron chi connectivity index (χ1n) is 24.5. The first kappa shape index (κ1) is 56.0. The highest BCUT2D eigenvalue weighted by molar-refractivity contribution is 5.96. The summed E-state index contributed by atoms with van der Waals surface area (Å²) in [5.41, 5.74) is 1.14. The van der Waals surface area contributed by atoms with E-state index >= 15 is 0 Å². The maximum absolute atomic E-state index is 14.2. The molecule has 67 heavy (non-hydrogen) atoms. The van der Waals surface area contributed by atoms with Gasteiger partial charge >= 0.3 is 5.97 Å². The van der Waals surface area contributed by atoms with Crippen LogP contribution in [-0.4, -0.2) is 112 Å². The van der Waals surface area contributed by atoms with Crippen LogP contribution in [0.5, 0.6) is 11.5 Å². The molecule has 1 aliphatic heterocycles. The van der Waals surface area contributed by atoms with Gasteiger partial charge in [-0.15, -0.1) is 0 Å². The van der Waals surface area contributed by atoms with Crippen LogP contribution in [0, 0.1) is 11.8 Å². The van der Waals surface area contributed by atoms with Gasteiger partial charge in [-0.2, -0.15) is 0 Å². The van der Waals surface area contributed by atoms with Gasteiger partial charge in [-0.25, -0.2) is 4.79 Å². The molecule has 4 bridgehead atoms. The molecule has 0 radical (unpaired) electrons. The first-order chi connectivity index (χ1) is 31.9. The van der Waals surface area contributed by atoms with Crippen molar-refractivity contribution in [1.82, 2.24) is 20.4 Å². The second-order valence-electron chi connectivity index (χ2n) is 18.8. The molecule has 0 fully saturated rings. The van der Waals surface area contributed by atoms with Crippen LogP contribution >= 0.6 is 0 Å². The van der Waals surface area contributed by atoms with Gasteiger partial charge in [0, 0.05) is 63.2 Å². The molecule has 1 heterocycles. The summed E-state index contributed by atoms with van der Waals surface area (Å²) in [5, 5.41) is 37.4. The smallest absolute Gasteiger partial charge is 0.328 e. The van der Waals surface area contributed by atoms with Crippen LogP contribution in [0.15, 0.2) is 36.4 Å². The number of esters is 1. The lowest BCUT2D eigenvalue weighted by molar-refractivity contribution is -0.149. The summed E-state index contributed by atoms with van der Waals surface area (Å²) in [7, 11) is 2.83. The molecule has 15 heteroatoms. The van der Waals surface area contributed by atoms with E-state index in [-0.39, 0.29) is 78.7 Å². The average Bonchev–Trinajstić information content (AvgIpc) is 3.29. The molecule has 1 aliphatic rings. The van der Waals surface area contributed by atoms with Crippen molar-refractivity contribution in [2.24, 2.45) is 11.8 Å². The van der Waals surface area contributed by atoms with Gasteiger partial charge < -0.3 is 40.5 Å². The molecule has 4 amide bonds. The Hall–Kier alpha value is -5.31.